The van der Waals surface area contributed by atoms with Crippen LogP contribution in [0.5, 0.6) is 0 Å². The van der Waals surface area contributed by atoms with Crippen molar-refractivity contribution in [1.29, 1.82) is 0 Å². The second-order valence-electron chi connectivity index (χ2n) is 10.6. The molecule has 0 unspecified atom stereocenters. The van der Waals surface area contributed by atoms with Crippen LogP contribution < -0.4 is 0 Å². The first-order valence-electron chi connectivity index (χ1n) is 12.3. The maximum Gasteiger partial charge on any atom is 0.136 e. The third-order valence-corrected chi connectivity index (χ3v) is 8.48. The normalized spacial score (nSPS) is 14.8. The number of hydrogen-bond acceptors (Lipinski definition) is 1. The van der Waals surface area contributed by atoms with E-state index in [1.807, 2.05) is 6.07 Å². The summed E-state index contributed by atoms with van der Waals surface area (Å²) in [4.78, 5) is 0. The van der Waals surface area contributed by atoms with Gasteiger partial charge in [-0.1, -0.05) is 74.5 Å². The molecule has 0 fully saturated rings. The van der Waals surface area contributed by atoms with Gasteiger partial charge in [0.2, 0.25) is 0 Å². The number of nitrogens with zero attached hydrogens (tertiary/aromatic N) is 1. The largest absolute Gasteiger partial charge is 0.456 e. The molecule has 3 heterocycles. The molecule has 8 aromatic rings. The Morgan fingerprint density at radius 1 is 0.600 bits per heavy atom. The monoisotopic (exact) mass is 447 g/mol. The van der Waals surface area contributed by atoms with Crippen LogP contribution in [0.2, 0.25) is 0 Å². The van der Waals surface area contributed by atoms with Crippen LogP contribution in [0.1, 0.15) is 25.0 Å². The van der Waals surface area contributed by atoms with Crippen molar-refractivity contribution in [2.45, 2.75) is 19.3 Å². The van der Waals surface area contributed by atoms with Gasteiger partial charge in [-0.25, -0.2) is 0 Å². The van der Waals surface area contributed by atoms with E-state index in [-0.39, 0.29) is 5.41 Å². The summed E-state index contributed by atoms with van der Waals surface area (Å²) in [6.45, 7) is 4.76. The van der Waals surface area contributed by atoms with Crippen molar-refractivity contribution in [3.63, 3.8) is 0 Å². The summed E-state index contributed by atoms with van der Waals surface area (Å²) in [6, 6.07) is 33.2. The summed E-state index contributed by atoms with van der Waals surface area (Å²) in [7, 11) is 0. The maximum absolute atomic E-state index is 6.31. The molecule has 35 heavy (non-hydrogen) atoms. The lowest BCUT2D eigenvalue weighted by Crippen LogP contribution is -2.15. The van der Waals surface area contributed by atoms with E-state index >= 15 is 0 Å². The Balaban J connectivity index is 1.59. The predicted molar refractivity (Wildman–Crippen MR) is 146 cm³/mol. The Kier molecular flexibility index (Phi) is 2.93. The summed E-state index contributed by atoms with van der Waals surface area (Å²) < 4.78 is 8.81. The highest BCUT2D eigenvalue weighted by molar-refractivity contribution is 6.28. The zero-order chi connectivity index (χ0) is 23.1. The van der Waals surface area contributed by atoms with Crippen LogP contribution in [-0.4, -0.2) is 4.40 Å². The van der Waals surface area contributed by atoms with Gasteiger partial charge in [0.25, 0.3) is 0 Å². The first-order valence-corrected chi connectivity index (χ1v) is 12.3. The second-order valence-corrected chi connectivity index (χ2v) is 10.6. The highest BCUT2D eigenvalue weighted by Gasteiger charge is 2.39. The molecule has 1 aliphatic carbocycles. The number of aromatic nitrogens is 1. The average Bonchev–Trinajstić information content (AvgIpc) is 3.57. The smallest absolute Gasteiger partial charge is 0.136 e. The van der Waals surface area contributed by atoms with Gasteiger partial charge in [0.05, 0.1) is 16.6 Å². The predicted octanol–water partition coefficient (Wildman–Crippen LogP) is 9.04. The molecule has 5 aromatic carbocycles. The quantitative estimate of drug-likeness (QED) is 0.227. The molecule has 0 amide bonds. The average molecular weight is 448 g/mol. The van der Waals surface area contributed by atoms with Gasteiger partial charge >= 0.3 is 0 Å². The van der Waals surface area contributed by atoms with Crippen LogP contribution in [0.4, 0.5) is 0 Å². The SMILES string of the molecule is CC1(C)c2ccccc2-c2cc3c4cc5oc6ccccc6c5cc4n4c5ccccc5c(c21)c34. The van der Waals surface area contributed by atoms with Crippen LogP contribution in [-0.2, 0) is 5.41 Å². The first kappa shape index (κ1) is 18.1. The zero-order valence-electron chi connectivity index (χ0n) is 19.5. The van der Waals surface area contributed by atoms with E-state index in [1.54, 1.807) is 0 Å². The molecule has 0 saturated carbocycles. The Morgan fingerprint density at radius 3 is 2.29 bits per heavy atom. The summed E-state index contributed by atoms with van der Waals surface area (Å²) in [5, 5.41) is 7.64. The number of rotatable bonds is 0. The third kappa shape index (κ3) is 1.93. The number of fused-ring (bicyclic) bond motifs is 13. The van der Waals surface area contributed by atoms with E-state index in [0.717, 1.165) is 11.2 Å². The highest BCUT2D eigenvalue weighted by Crippen LogP contribution is 2.55. The molecule has 3 aromatic heterocycles. The molecule has 0 spiro atoms. The van der Waals surface area contributed by atoms with Crippen LogP contribution in [0.3, 0.4) is 0 Å². The molecule has 0 atom stereocenters. The summed E-state index contributed by atoms with van der Waals surface area (Å²) in [5.74, 6) is 0. The van der Waals surface area contributed by atoms with Gasteiger partial charge in [0.1, 0.15) is 11.2 Å². The van der Waals surface area contributed by atoms with Gasteiger partial charge < -0.3 is 8.82 Å². The molecule has 2 heteroatoms. The van der Waals surface area contributed by atoms with E-state index in [1.165, 1.54) is 71.1 Å². The van der Waals surface area contributed by atoms with Gasteiger partial charge in [-0.3, -0.25) is 0 Å². The van der Waals surface area contributed by atoms with E-state index < -0.39 is 0 Å². The molecule has 0 bridgehead atoms. The summed E-state index contributed by atoms with van der Waals surface area (Å²) >= 11 is 0. The van der Waals surface area contributed by atoms with Gasteiger partial charge in [-0.2, -0.15) is 0 Å². The van der Waals surface area contributed by atoms with Gasteiger partial charge in [0.15, 0.2) is 0 Å². The van der Waals surface area contributed by atoms with Gasteiger partial charge in [0, 0.05) is 37.7 Å². The molecular formula is C33H21NO. The minimum absolute atomic E-state index is 0.0575. The highest BCUT2D eigenvalue weighted by atomic mass is 16.3. The summed E-state index contributed by atoms with van der Waals surface area (Å²) in [6.07, 6.45) is 0. The maximum atomic E-state index is 6.31. The molecule has 164 valence electrons. The van der Waals surface area contributed by atoms with Crippen molar-refractivity contribution in [2.24, 2.45) is 0 Å². The minimum atomic E-state index is -0.0575. The van der Waals surface area contributed by atoms with Crippen molar-refractivity contribution < 1.29 is 4.42 Å². The molecule has 0 radical (unpaired) electrons. The number of benzene rings is 5. The zero-order valence-corrected chi connectivity index (χ0v) is 19.5. The second kappa shape index (κ2) is 5.67. The van der Waals surface area contributed by atoms with E-state index in [9.17, 15) is 0 Å². The lowest BCUT2D eigenvalue weighted by molar-refractivity contribution is 0.666. The van der Waals surface area contributed by atoms with Crippen molar-refractivity contribution in [1.82, 2.24) is 4.40 Å². The molecule has 0 aliphatic heterocycles. The van der Waals surface area contributed by atoms with Crippen LogP contribution in [0.15, 0.2) is 95.4 Å². The fourth-order valence-electron chi connectivity index (χ4n) is 7.04. The number of hydrogen-bond donors (Lipinski definition) is 0. The third-order valence-electron chi connectivity index (χ3n) is 8.48. The van der Waals surface area contributed by atoms with Crippen molar-refractivity contribution in [3.05, 3.63) is 102 Å². The minimum Gasteiger partial charge on any atom is -0.456 e. The van der Waals surface area contributed by atoms with E-state index in [2.05, 4.69) is 103 Å². The fourth-order valence-corrected chi connectivity index (χ4v) is 7.04. The van der Waals surface area contributed by atoms with Crippen LogP contribution >= 0.6 is 0 Å². The fraction of sp³-hybridized carbons (Fsp3) is 0.0909. The lowest BCUT2D eigenvalue weighted by atomic mass is 9.80. The van der Waals surface area contributed by atoms with Crippen molar-refractivity contribution in [2.75, 3.05) is 0 Å². The molecule has 2 nitrogen and oxygen atoms in total. The molecular weight excluding hydrogens is 426 g/mol. The standard InChI is InChI=1S/C33H21NO/c1-33(2)25-12-6-3-9-18(25)23-15-24-21-17-29-22(19-10-5-8-14-28(19)35-29)16-27(21)34-26-13-7-4-11-20(26)30(31(23)33)32(24)34/h3-17H,1-2H3. The summed E-state index contributed by atoms with van der Waals surface area (Å²) in [5.41, 5.74) is 11.3. The van der Waals surface area contributed by atoms with Crippen molar-refractivity contribution in [3.8, 4) is 11.1 Å². The first-order chi connectivity index (χ1) is 17.1. The van der Waals surface area contributed by atoms with Gasteiger partial charge in [-0.05, 0) is 52.6 Å². The van der Waals surface area contributed by atoms with Crippen LogP contribution in [0, 0.1) is 0 Å². The topological polar surface area (TPSA) is 17.6 Å². The molecule has 0 N–H and O–H groups in total. The number of para-hydroxylation sites is 2. The Bertz CT molecular complexity index is 2190. The number of furan rings is 1. The Labute approximate surface area is 201 Å². The Morgan fingerprint density at radius 2 is 1.37 bits per heavy atom. The lowest BCUT2D eigenvalue weighted by Gasteiger charge is -2.22. The van der Waals surface area contributed by atoms with Gasteiger partial charge in [-0.15, -0.1) is 0 Å². The molecule has 9 rings (SSSR count). The Hall–Kier alpha value is -4.30. The van der Waals surface area contributed by atoms with E-state index in [4.69, 9.17) is 4.42 Å². The van der Waals surface area contributed by atoms with E-state index in [0.29, 0.717) is 0 Å². The molecule has 0 saturated heterocycles. The molecule has 1 aliphatic rings. The van der Waals surface area contributed by atoms with Crippen molar-refractivity contribution >= 4 is 60.0 Å². The van der Waals surface area contributed by atoms with Crippen LogP contribution in [0.25, 0.3) is 71.2 Å².